The van der Waals surface area contributed by atoms with E-state index in [0.29, 0.717) is 0 Å². The Morgan fingerprint density at radius 1 is 1.09 bits per heavy atom. The largest absolute Gasteiger partial charge is 0.508 e. The predicted molar refractivity (Wildman–Crippen MR) is 90.0 cm³/mol. The highest BCUT2D eigenvalue weighted by atomic mass is 16.3. The minimum atomic E-state index is -0.551. The van der Waals surface area contributed by atoms with E-state index in [1.54, 1.807) is 0 Å². The summed E-state index contributed by atoms with van der Waals surface area (Å²) >= 11 is 0. The van der Waals surface area contributed by atoms with Crippen molar-refractivity contribution < 1.29 is 15.0 Å². The zero-order chi connectivity index (χ0) is 17.0. The fraction of sp³-hybridized carbons (Fsp3) is 0.222. The molecule has 0 spiro atoms. The molecule has 0 aliphatic carbocycles. The number of phenolic OH excluding ortho intramolecular Hbond substituents is 2. The smallest absolute Gasteiger partial charge is 0.275 e. The summed E-state index contributed by atoms with van der Waals surface area (Å²) in [5.41, 5.74) is 4.54. The Balaban J connectivity index is 2.02. The van der Waals surface area contributed by atoms with Gasteiger partial charge >= 0.3 is 0 Å². The molecule has 2 aromatic rings. The molecule has 0 saturated carbocycles. The molecule has 0 saturated heterocycles. The Morgan fingerprint density at radius 2 is 1.74 bits per heavy atom. The molecule has 1 amide bonds. The molecule has 23 heavy (non-hydrogen) atoms. The first-order chi connectivity index (χ1) is 10.8. The van der Waals surface area contributed by atoms with E-state index < -0.39 is 5.91 Å². The number of hydrogen-bond donors (Lipinski definition) is 3. The maximum Gasteiger partial charge on any atom is 0.275 e. The van der Waals surface area contributed by atoms with Crippen LogP contribution in [0.1, 0.15) is 42.3 Å². The van der Waals surface area contributed by atoms with Gasteiger partial charge in [-0.1, -0.05) is 45.0 Å². The molecule has 0 bridgehead atoms. The third kappa shape index (κ3) is 4.32. The van der Waals surface area contributed by atoms with Gasteiger partial charge in [0.15, 0.2) is 0 Å². The maximum atomic E-state index is 11.9. The molecule has 2 aromatic carbocycles. The number of rotatable bonds is 3. The van der Waals surface area contributed by atoms with Gasteiger partial charge in [-0.2, -0.15) is 5.10 Å². The van der Waals surface area contributed by atoms with Crippen molar-refractivity contribution in [2.75, 3.05) is 0 Å². The Labute approximate surface area is 135 Å². The summed E-state index contributed by atoms with van der Waals surface area (Å²) in [6.45, 7) is 6.42. The lowest BCUT2D eigenvalue weighted by atomic mass is 9.87. The summed E-state index contributed by atoms with van der Waals surface area (Å²) in [6, 6.07) is 11.6. The molecule has 0 aliphatic rings. The van der Waals surface area contributed by atoms with Crippen LogP contribution in [0, 0.1) is 0 Å². The van der Waals surface area contributed by atoms with Crippen molar-refractivity contribution in [2.45, 2.75) is 26.2 Å². The number of phenols is 2. The molecule has 0 heterocycles. The molecular weight excluding hydrogens is 292 g/mol. The summed E-state index contributed by atoms with van der Waals surface area (Å²) in [5.74, 6) is -0.959. The van der Waals surface area contributed by atoms with Gasteiger partial charge in [-0.3, -0.25) is 4.79 Å². The number of hydrogen-bond acceptors (Lipinski definition) is 4. The number of benzene rings is 2. The molecule has 0 unspecified atom stereocenters. The van der Waals surface area contributed by atoms with Gasteiger partial charge in [-0.25, -0.2) is 5.43 Å². The zero-order valence-electron chi connectivity index (χ0n) is 13.4. The summed E-state index contributed by atoms with van der Waals surface area (Å²) in [6.07, 6.45) is 1.53. The number of carbonyl (C=O) groups excluding carboxylic acids is 1. The van der Waals surface area contributed by atoms with Gasteiger partial charge in [-0.05, 0) is 28.7 Å². The zero-order valence-corrected chi connectivity index (χ0v) is 13.4. The molecule has 5 heteroatoms. The normalized spacial score (nSPS) is 11.6. The third-order valence-electron chi connectivity index (χ3n) is 3.38. The second-order valence-electron chi connectivity index (χ2n) is 6.27. The van der Waals surface area contributed by atoms with Crippen molar-refractivity contribution in [3.63, 3.8) is 0 Å². The average molecular weight is 312 g/mol. The van der Waals surface area contributed by atoms with Crippen LogP contribution in [0.3, 0.4) is 0 Å². The van der Waals surface area contributed by atoms with Gasteiger partial charge < -0.3 is 10.2 Å². The second kappa shape index (κ2) is 6.52. The summed E-state index contributed by atoms with van der Waals surface area (Å²) in [5, 5.41) is 22.7. The van der Waals surface area contributed by atoms with Gasteiger partial charge in [0.05, 0.1) is 11.8 Å². The van der Waals surface area contributed by atoms with Crippen LogP contribution in [0.5, 0.6) is 11.5 Å². The quantitative estimate of drug-likeness (QED) is 0.601. The lowest BCUT2D eigenvalue weighted by Crippen LogP contribution is -2.17. The fourth-order valence-electron chi connectivity index (χ4n) is 2.01. The second-order valence-corrected chi connectivity index (χ2v) is 6.27. The van der Waals surface area contributed by atoms with Crippen molar-refractivity contribution in [1.82, 2.24) is 5.43 Å². The topological polar surface area (TPSA) is 81.9 Å². The van der Waals surface area contributed by atoms with Gasteiger partial charge in [0, 0.05) is 6.07 Å². The SMILES string of the molecule is CC(C)(C)c1ccc(C=NNC(=O)c2ccc(O)cc2O)cc1. The molecule has 0 atom stereocenters. The predicted octanol–water partition coefficient (Wildman–Crippen LogP) is 3.16. The highest BCUT2D eigenvalue weighted by Crippen LogP contribution is 2.23. The maximum absolute atomic E-state index is 11.9. The Kier molecular flexibility index (Phi) is 4.69. The van der Waals surface area contributed by atoms with E-state index in [2.05, 4.69) is 31.3 Å². The minimum Gasteiger partial charge on any atom is -0.508 e. The number of nitrogens with one attached hydrogen (secondary N) is 1. The van der Waals surface area contributed by atoms with E-state index in [9.17, 15) is 15.0 Å². The van der Waals surface area contributed by atoms with Gasteiger partial charge in [0.1, 0.15) is 11.5 Å². The third-order valence-corrected chi connectivity index (χ3v) is 3.38. The van der Waals surface area contributed by atoms with Crippen LogP contribution < -0.4 is 5.43 Å². The van der Waals surface area contributed by atoms with E-state index >= 15 is 0 Å². The average Bonchev–Trinajstić information content (AvgIpc) is 2.46. The molecule has 0 aromatic heterocycles. The monoisotopic (exact) mass is 312 g/mol. The summed E-state index contributed by atoms with van der Waals surface area (Å²) in [7, 11) is 0. The van der Waals surface area contributed by atoms with Crippen LogP contribution in [-0.2, 0) is 5.41 Å². The van der Waals surface area contributed by atoms with Crippen LogP contribution in [-0.4, -0.2) is 22.3 Å². The van der Waals surface area contributed by atoms with Crippen molar-refractivity contribution >= 4 is 12.1 Å². The van der Waals surface area contributed by atoms with E-state index in [4.69, 9.17) is 0 Å². The highest BCUT2D eigenvalue weighted by molar-refractivity contribution is 5.97. The molecule has 0 aliphatic heterocycles. The van der Waals surface area contributed by atoms with Gasteiger partial charge in [-0.15, -0.1) is 0 Å². The lowest BCUT2D eigenvalue weighted by molar-refractivity contribution is 0.0952. The molecule has 120 valence electrons. The Hall–Kier alpha value is -2.82. The molecule has 0 radical (unpaired) electrons. The van der Waals surface area contributed by atoms with Gasteiger partial charge in [0.25, 0.3) is 5.91 Å². The number of amides is 1. The summed E-state index contributed by atoms with van der Waals surface area (Å²) < 4.78 is 0. The van der Waals surface area contributed by atoms with Crippen molar-refractivity contribution in [3.8, 4) is 11.5 Å². The molecule has 0 fully saturated rings. The number of carbonyl (C=O) groups is 1. The van der Waals surface area contributed by atoms with Crippen LogP contribution in [0.15, 0.2) is 47.6 Å². The van der Waals surface area contributed by atoms with Gasteiger partial charge in [0.2, 0.25) is 0 Å². The molecule has 2 rings (SSSR count). The van der Waals surface area contributed by atoms with E-state index in [-0.39, 0.29) is 22.5 Å². The first kappa shape index (κ1) is 16.5. The van der Waals surface area contributed by atoms with E-state index in [1.807, 2.05) is 24.3 Å². The van der Waals surface area contributed by atoms with Crippen LogP contribution in [0.2, 0.25) is 0 Å². The van der Waals surface area contributed by atoms with Crippen LogP contribution >= 0.6 is 0 Å². The molecule has 5 nitrogen and oxygen atoms in total. The number of aromatic hydroxyl groups is 2. The van der Waals surface area contributed by atoms with Crippen molar-refractivity contribution in [1.29, 1.82) is 0 Å². The van der Waals surface area contributed by atoms with E-state index in [1.165, 1.54) is 23.9 Å². The lowest BCUT2D eigenvalue weighted by Gasteiger charge is -2.18. The van der Waals surface area contributed by atoms with Crippen LogP contribution in [0.25, 0.3) is 0 Å². The van der Waals surface area contributed by atoms with Crippen LogP contribution in [0.4, 0.5) is 0 Å². The standard InChI is InChI=1S/C18H20N2O3/c1-18(2,3)13-6-4-12(5-7-13)11-19-20-17(23)15-9-8-14(21)10-16(15)22/h4-11,21-22H,1-3H3,(H,20,23). The minimum absolute atomic E-state index is 0.0445. The van der Waals surface area contributed by atoms with E-state index in [0.717, 1.165) is 11.6 Å². The Morgan fingerprint density at radius 3 is 2.30 bits per heavy atom. The first-order valence-electron chi connectivity index (χ1n) is 7.23. The van der Waals surface area contributed by atoms with Crippen molar-refractivity contribution in [3.05, 3.63) is 59.2 Å². The Bertz CT molecular complexity index is 729. The highest BCUT2D eigenvalue weighted by Gasteiger charge is 2.13. The first-order valence-corrected chi connectivity index (χ1v) is 7.23. The molecule has 3 N–H and O–H groups in total. The summed E-state index contributed by atoms with van der Waals surface area (Å²) in [4.78, 5) is 11.9. The van der Waals surface area contributed by atoms with Crippen molar-refractivity contribution in [2.24, 2.45) is 5.10 Å². The number of hydrazone groups is 1. The fourth-order valence-corrected chi connectivity index (χ4v) is 2.01. The molecular formula is C18H20N2O3. The number of nitrogens with zero attached hydrogens (tertiary/aromatic N) is 1.